The van der Waals surface area contributed by atoms with Gasteiger partial charge in [-0.05, 0) is 65.1 Å². The number of benzene rings is 3. The molecule has 0 bridgehead atoms. The van der Waals surface area contributed by atoms with Crippen molar-refractivity contribution in [2.75, 3.05) is 18.0 Å². The highest BCUT2D eigenvalue weighted by Crippen LogP contribution is 2.40. The number of rotatable bonds is 6. The van der Waals surface area contributed by atoms with Crippen LogP contribution in [0.3, 0.4) is 0 Å². The molecule has 208 valence electrons. The maximum Gasteiger partial charge on any atom is 0.416 e. The molecular weight excluding hydrogens is 533 g/mol. The number of hydrogen-bond acceptors (Lipinski definition) is 5. The van der Waals surface area contributed by atoms with Crippen molar-refractivity contribution in [3.05, 3.63) is 83.4 Å². The molecule has 0 saturated carbocycles. The van der Waals surface area contributed by atoms with Crippen molar-refractivity contribution in [3.8, 4) is 11.5 Å². The van der Waals surface area contributed by atoms with Gasteiger partial charge in [0.15, 0.2) is 6.10 Å². The maximum absolute atomic E-state index is 13.8. The van der Waals surface area contributed by atoms with E-state index in [1.54, 1.807) is 18.2 Å². The second-order valence-electron chi connectivity index (χ2n) is 10.2. The van der Waals surface area contributed by atoms with Gasteiger partial charge in [0.05, 0.1) is 29.8 Å². The molecule has 1 heterocycles. The van der Waals surface area contributed by atoms with E-state index in [2.05, 4.69) is 5.32 Å². The van der Waals surface area contributed by atoms with E-state index in [4.69, 9.17) is 9.47 Å². The summed E-state index contributed by atoms with van der Waals surface area (Å²) in [5.41, 5.74) is 0.284. The first kappa shape index (κ1) is 28.3. The summed E-state index contributed by atoms with van der Waals surface area (Å²) < 4.78 is 78.9. The highest BCUT2D eigenvalue weighted by Gasteiger charge is 2.38. The predicted molar refractivity (Wildman–Crippen MR) is 140 cm³/mol. The fourth-order valence-corrected chi connectivity index (χ4v) is 5.59. The SMILES string of the molecule is COc1ccc(S(=O)(=O)N2C[C@@H](C(=O)NCc3cccc(C(F)(F)F)c3)Oc3ccc(C(C)(C)C)cc32)cc1. The lowest BCUT2D eigenvalue weighted by molar-refractivity contribution is -0.137. The summed E-state index contributed by atoms with van der Waals surface area (Å²) in [6.45, 7) is 5.45. The fourth-order valence-electron chi connectivity index (χ4n) is 4.12. The zero-order valence-corrected chi connectivity index (χ0v) is 22.7. The van der Waals surface area contributed by atoms with E-state index < -0.39 is 33.8 Å². The molecule has 1 amide bonds. The Morgan fingerprint density at radius 1 is 1.03 bits per heavy atom. The first-order valence-corrected chi connectivity index (χ1v) is 13.6. The smallest absolute Gasteiger partial charge is 0.416 e. The van der Waals surface area contributed by atoms with Crippen LogP contribution in [0.1, 0.15) is 37.5 Å². The molecule has 0 aromatic heterocycles. The minimum absolute atomic E-state index is 0.000403. The minimum atomic E-state index is -4.52. The van der Waals surface area contributed by atoms with E-state index in [-0.39, 0.29) is 34.7 Å². The van der Waals surface area contributed by atoms with Crippen LogP contribution in [-0.4, -0.2) is 34.1 Å². The van der Waals surface area contributed by atoms with Gasteiger partial charge in [0, 0.05) is 6.54 Å². The van der Waals surface area contributed by atoms with Crippen molar-refractivity contribution in [1.82, 2.24) is 5.32 Å². The quantitative estimate of drug-likeness (QED) is 0.442. The highest BCUT2D eigenvalue weighted by atomic mass is 32.2. The first-order valence-electron chi connectivity index (χ1n) is 12.1. The molecule has 3 aromatic rings. The Morgan fingerprint density at radius 3 is 2.33 bits per heavy atom. The van der Waals surface area contributed by atoms with Crippen LogP contribution in [0.2, 0.25) is 0 Å². The van der Waals surface area contributed by atoms with Crippen LogP contribution in [0.4, 0.5) is 18.9 Å². The summed E-state index contributed by atoms with van der Waals surface area (Å²) >= 11 is 0. The van der Waals surface area contributed by atoms with E-state index >= 15 is 0 Å². The number of ether oxygens (including phenoxy) is 2. The Kier molecular flexibility index (Phi) is 7.57. The largest absolute Gasteiger partial charge is 0.497 e. The lowest BCUT2D eigenvalue weighted by Crippen LogP contribution is -2.50. The summed E-state index contributed by atoms with van der Waals surface area (Å²) in [5.74, 6) is 0.0247. The number of sulfonamides is 1. The molecule has 0 saturated heterocycles. The van der Waals surface area contributed by atoms with Gasteiger partial charge in [-0.2, -0.15) is 13.2 Å². The summed E-state index contributed by atoms with van der Waals surface area (Å²) in [4.78, 5) is 13.1. The van der Waals surface area contributed by atoms with Crippen molar-refractivity contribution < 1.29 is 35.9 Å². The second-order valence-corrected chi connectivity index (χ2v) is 12.0. The number of hydrogen-bond donors (Lipinski definition) is 1. The molecule has 1 aliphatic heterocycles. The Labute approximate surface area is 225 Å². The van der Waals surface area contributed by atoms with Gasteiger partial charge in [-0.15, -0.1) is 0 Å². The molecule has 0 radical (unpaired) electrons. The molecule has 7 nitrogen and oxygen atoms in total. The predicted octanol–water partition coefficient (Wildman–Crippen LogP) is 5.28. The molecule has 11 heteroatoms. The van der Waals surface area contributed by atoms with Crippen molar-refractivity contribution in [2.45, 2.75) is 49.9 Å². The van der Waals surface area contributed by atoms with Crippen LogP contribution in [0.5, 0.6) is 11.5 Å². The number of carbonyl (C=O) groups excluding carboxylic acids is 1. The molecule has 0 aliphatic carbocycles. The van der Waals surface area contributed by atoms with Gasteiger partial charge >= 0.3 is 6.18 Å². The van der Waals surface area contributed by atoms with Crippen molar-refractivity contribution in [3.63, 3.8) is 0 Å². The monoisotopic (exact) mass is 562 g/mol. The molecular formula is C28H29F3N2O5S. The van der Waals surface area contributed by atoms with Crippen LogP contribution < -0.4 is 19.1 Å². The van der Waals surface area contributed by atoms with Crippen LogP contribution in [0.25, 0.3) is 0 Å². The summed E-state index contributed by atoms with van der Waals surface area (Å²) in [7, 11) is -2.65. The Balaban J connectivity index is 1.64. The molecule has 39 heavy (non-hydrogen) atoms. The van der Waals surface area contributed by atoms with Crippen molar-refractivity contribution in [1.29, 1.82) is 0 Å². The number of methoxy groups -OCH3 is 1. The number of amides is 1. The average Bonchev–Trinajstić information content (AvgIpc) is 2.90. The van der Waals surface area contributed by atoms with Crippen LogP contribution in [0.15, 0.2) is 71.6 Å². The Hall–Kier alpha value is -3.73. The number of fused-ring (bicyclic) bond motifs is 1. The van der Waals surface area contributed by atoms with Gasteiger partial charge in [0.1, 0.15) is 11.5 Å². The Morgan fingerprint density at radius 2 is 1.72 bits per heavy atom. The Bertz CT molecular complexity index is 1470. The van der Waals surface area contributed by atoms with Gasteiger partial charge in [-0.1, -0.05) is 39.0 Å². The topological polar surface area (TPSA) is 84.9 Å². The number of nitrogens with one attached hydrogen (secondary N) is 1. The van der Waals surface area contributed by atoms with Gasteiger partial charge < -0.3 is 14.8 Å². The third-order valence-electron chi connectivity index (χ3n) is 6.36. The van der Waals surface area contributed by atoms with Gasteiger partial charge in [0.2, 0.25) is 0 Å². The summed E-state index contributed by atoms with van der Waals surface area (Å²) in [6, 6.07) is 15.7. The number of alkyl halides is 3. The van der Waals surface area contributed by atoms with E-state index in [1.807, 2.05) is 20.8 Å². The standard InChI is InChI=1S/C28H29F3N2O5S/c1-27(2,3)19-8-13-24-23(15-19)33(39(35,36)22-11-9-21(37-4)10-12-22)17-25(38-24)26(34)32-16-18-6-5-7-20(14-18)28(29,30)31/h5-15,25H,16-17H2,1-4H3,(H,32,34)/t25-/m0/s1. The molecule has 3 aromatic carbocycles. The zero-order valence-electron chi connectivity index (χ0n) is 21.9. The van der Waals surface area contributed by atoms with Crippen molar-refractivity contribution >= 4 is 21.6 Å². The normalized spacial score (nSPS) is 15.8. The molecule has 0 unspecified atom stereocenters. The lowest BCUT2D eigenvalue weighted by atomic mass is 9.86. The van der Waals surface area contributed by atoms with Crippen LogP contribution in [-0.2, 0) is 33.0 Å². The summed E-state index contributed by atoms with van der Waals surface area (Å²) in [6.07, 6.45) is -5.75. The van der Waals surface area contributed by atoms with E-state index in [0.29, 0.717) is 11.4 Å². The number of carbonyl (C=O) groups is 1. The maximum atomic E-state index is 13.8. The first-order chi connectivity index (χ1) is 18.2. The second kappa shape index (κ2) is 10.4. The molecule has 1 atom stereocenters. The van der Waals surface area contributed by atoms with Gasteiger partial charge in [0.25, 0.3) is 15.9 Å². The highest BCUT2D eigenvalue weighted by molar-refractivity contribution is 7.92. The average molecular weight is 563 g/mol. The third-order valence-corrected chi connectivity index (χ3v) is 8.15. The summed E-state index contributed by atoms with van der Waals surface area (Å²) in [5, 5.41) is 2.57. The molecule has 1 N–H and O–H groups in total. The van der Waals surface area contributed by atoms with Crippen molar-refractivity contribution in [2.24, 2.45) is 0 Å². The number of anilines is 1. The van der Waals surface area contributed by atoms with E-state index in [1.165, 1.54) is 43.5 Å². The van der Waals surface area contributed by atoms with E-state index in [0.717, 1.165) is 22.0 Å². The van der Waals surface area contributed by atoms with E-state index in [9.17, 15) is 26.4 Å². The number of nitrogens with zero attached hydrogens (tertiary/aromatic N) is 1. The number of halogens is 3. The van der Waals surface area contributed by atoms with Crippen LogP contribution in [0, 0.1) is 0 Å². The molecule has 4 rings (SSSR count). The lowest BCUT2D eigenvalue weighted by Gasteiger charge is -2.36. The zero-order chi connectivity index (χ0) is 28.6. The van der Waals surface area contributed by atoms with Crippen LogP contribution >= 0.6 is 0 Å². The van der Waals surface area contributed by atoms with Gasteiger partial charge in [-0.3, -0.25) is 9.10 Å². The molecule has 1 aliphatic rings. The molecule has 0 fully saturated rings. The fraction of sp³-hybridized carbons (Fsp3) is 0.321. The third kappa shape index (κ3) is 6.13. The van der Waals surface area contributed by atoms with Gasteiger partial charge in [-0.25, -0.2) is 8.42 Å². The molecule has 0 spiro atoms. The minimum Gasteiger partial charge on any atom is -0.497 e.